The highest BCUT2D eigenvalue weighted by molar-refractivity contribution is 5.28. The topological polar surface area (TPSA) is 0 Å². The molecule has 0 nitrogen and oxygen atoms in total. The van der Waals surface area contributed by atoms with Gasteiger partial charge in [-0.3, -0.25) is 0 Å². The summed E-state index contributed by atoms with van der Waals surface area (Å²) in [5.74, 6) is 0. The van der Waals surface area contributed by atoms with Crippen LogP contribution in [0.5, 0.6) is 0 Å². The Bertz CT molecular complexity index is 214. The molecule has 0 radical (unpaired) electrons. The van der Waals surface area contributed by atoms with Gasteiger partial charge in [0.2, 0.25) is 0 Å². The van der Waals surface area contributed by atoms with E-state index in [-0.39, 0.29) is 5.41 Å². The Kier molecular flexibility index (Phi) is 4.02. The van der Waals surface area contributed by atoms with Crippen LogP contribution < -0.4 is 0 Å². The average Bonchev–Trinajstić information content (AvgIpc) is 2.01. The average molecular weight is 164 g/mol. The molecule has 0 saturated carbocycles. The normalized spacial score (nSPS) is 14.8. The summed E-state index contributed by atoms with van der Waals surface area (Å²) in [7, 11) is 0. The van der Waals surface area contributed by atoms with Gasteiger partial charge in [0.1, 0.15) is 0 Å². The van der Waals surface area contributed by atoms with Crippen molar-refractivity contribution in [2.75, 3.05) is 0 Å². The predicted molar refractivity (Wildman–Crippen MR) is 57.2 cm³/mol. The molecule has 0 atom stereocenters. The second kappa shape index (κ2) is 4.30. The van der Waals surface area contributed by atoms with Gasteiger partial charge in [-0.25, -0.2) is 0 Å². The van der Waals surface area contributed by atoms with E-state index >= 15 is 0 Å². The SMILES string of the molecule is C=C/C(C)=C(\C)C(C)(C)/C=C/C. The van der Waals surface area contributed by atoms with Crippen molar-refractivity contribution in [1.29, 1.82) is 0 Å². The zero-order valence-electron chi connectivity index (χ0n) is 8.94. The summed E-state index contributed by atoms with van der Waals surface area (Å²) in [4.78, 5) is 0. The molecule has 0 heterocycles. The first kappa shape index (κ1) is 11.2. The molecule has 68 valence electrons. The Morgan fingerprint density at radius 1 is 1.25 bits per heavy atom. The zero-order valence-corrected chi connectivity index (χ0v) is 8.94. The molecule has 0 rings (SSSR count). The summed E-state index contributed by atoms with van der Waals surface area (Å²) < 4.78 is 0. The van der Waals surface area contributed by atoms with Crippen LogP contribution in [0.2, 0.25) is 0 Å². The Labute approximate surface area is 76.7 Å². The van der Waals surface area contributed by atoms with E-state index in [0.717, 1.165) is 0 Å². The molecule has 0 aliphatic heterocycles. The highest BCUT2D eigenvalue weighted by Crippen LogP contribution is 2.30. The zero-order chi connectivity index (χ0) is 9.78. The number of rotatable bonds is 3. The lowest BCUT2D eigenvalue weighted by atomic mass is 9.82. The van der Waals surface area contributed by atoms with E-state index in [1.807, 2.05) is 6.08 Å². The maximum absolute atomic E-state index is 3.77. The van der Waals surface area contributed by atoms with Crippen LogP contribution in [-0.2, 0) is 0 Å². The lowest BCUT2D eigenvalue weighted by Gasteiger charge is -2.23. The monoisotopic (exact) mass is 164 g/mol. The molecule has 0 aromatic heterocycles. The van der Waals surface area contributed by atoms with E-state index in [1.54, 1.807) is 0 Å². The van der Waals surface area contributed by atoms with Crippen LogP contribution in [0.15, 0.2) is 36.0 Å². The fraction of sp³-hybridized carbons (Fsp3) is 0.500. The molecular weight excluding hydrogens is 144 g/mol. The van der Waals surface area contributed by atoms with Gasteiger partial charge in [0.15, 0.2) is 0 Å². The summed E-state index contributed by atoms with van der Waals surface area (Å²) in [5, 5.41) is 0. The molecule has 0 spiro atoms. The first-order chi connectivity index (χ1) is 5.45. The molecule has 0 amide bonds. The molecule has 12 heavy (non-hydrogen) atoms. The maximum Gasteiger partial charge on any atom is 0.00370 e. The Morgan fingerprint density at radius 2 is 1.75 bits per heavy atom. The second-order valence-electron chi connectivity index (χ2n) is 3.73. The van der Waals surface area contributed by atoms with Gasteiger partial charge < -0.3 is 0 Å². The quantitative estimate of drug-likeness (QED) is 0.435. The van der Waals surface area contributed by atoms with Crippen molar-refractivity contribution in [2.45, 2.75) is 34.6 Å². The second-order valence-corrected chi connectivity index (χ2v) is 3.73. The minimum atomic E-state index is 0.160. The van der Waals surface area contributed by atoms with E-state index in [9.17, 15) is 0 Å². The van der Waals surface area contributed by atoms with Crippen molar-refractivity contribution >= 4 is 0 Å². The molecule has 0 saturated heterocycles. The molecule has 0 aromatic carbocycles. The van der Waals surface area contributed by atoms with Crippen molar-refractivity contribution in [2.24, 2.45) is 5.41 Å². The molecule has 0 N–H and O–H groups in total. The van der Waals surface area contributed by atoms with Gasteiger partial charge in [-0.15, -0.1) is 0 Å². The highest BCUT2D eigenvalue weighted by atomic mass is 14.2. The lowest BCUT2D eigenvalue weighted by molar-refractivity contribution is 0.574. The maximum atomic E-state index is 3.77. The largest absolute Gasteiger partial charge is 0.0988 e. The summed E-state index contributed by atoms with van der Waals surface area (Å²) in [6.07, 6.45) is 6.23. The molecular formula is C12H20. The van der Waals surface area contributed by atoms with Gasteiger partial charge in [-0.2, -0.15) is 0 Å². The summed E-state index contributed by atoms with van der Waals surface area (Å²) in [5.41, 5.74) is 2.82. The van der Waals surface area contributed by atoms with Crippen LogP contribution in [-0.4, -0.2) is 0 Å². The molecule has 0 bridgehead atoms. The molecule has 0 aliphatic carbocycles. The van der Waals surface area contributed by atoms with E-state index in [4.69, 9.17) is 0 Å². The third-order valence-electron chi connectivity index (χ3n) is 2.45. The number of allylic oxidation sites excluding steroid dienone is 5. The van der Waals surface area contributed by atoms with Gasteiger partial charge in [0.25, 0.3) is 0 Å². The third-order valence-corrected chi connectivity index (χ3v) is 2.45. The molecule has 0 aliphatic rings. The summed E-state index contributed by atoms with van der Waals surface area (Å²) in [6, 6.07) is 0. The molecule has 0 heteroatoms. The van der Waals surface area contributed by atoms with Gasteiger partial charge >= 0.3 is 0 Å². The Balaban J connectivity index is 4.90. The minimum absolute atomic E-state index is 0.160. The Morgan fingerprint density at radius 3 is 2.08 bits per heavy atom. The number of hydrogen-bond donors (Lipinski definition) is 0. The van der Waals surface area contributed by atoms with E-state index in [2.05, 4.69) is 53.3 Å². The van der Waals surface area contributed by atoms with Crippen molar-refractivity contribution < 1.29 is 0 Å². The fourth-order valence-electron chi connectivity index (χ4n) is 1.20. The highest BCUT2D eigenvalue weighted by Gasteiger charge is 2.16. The fourth-order valence-corrected chi connectivity index (χ4v) is 1.20. The molecule has 0 aromatic rings. The summed E-state index contributed by atoms with van der Waals surface area (Å²) in [6.45, 7) is 14.5. The lowest BCUT2D eigenvalue weighted by Crippen LogP contribution is -2.10. The van der Waals surface area contributed by atoms with Gasteiger partial charge in [0, 0.05) is 5.41 Å². The van der Waals surface area contributed by atoms with Crippen molar-refractivity contribution in [3.8, 4) is 0 Å². The minimum Gasteiger partial charge on any atom is -0.0988 e. The van der Waals surface area contributed by atoms with Gasteiger partial charge in [-0.1, -0.05) is 49.8 Å². The van der Waals surface area contributed by atoms with E-state index in [1.165, 1.54) is 11.1 Å². The molecule has 0 fully saturated rings. The predicted octanol–water partition coefficient (Wildman–Crippen LogP) is 4.11. The summed E-state index contributed by atoms with van der Waals surface area (Å²) >= 11 is 0. The van der Waals surface area contributed by atoms with Crippen molar-refractivity contribution in [1.82, 2.24) is 0 Å². The molecule has 0 unspecified atom stereocenters. The third kappa shape index (κ3) is 2.69. The van der Waals surface area contributed by atoms with Crippen LogP contribution in [0.1, 0.15) is 34.6 Å². The van der Waals surface area contributed by atoms with Gasteiger partial charge in [0.05, 0.1) is 0 Å². The van der Waals surface area contributed by atoms with Crippen molar-refractivity contribution in [3.05, 3.63) is 36.0 Å². The standard InChI is InChI=1S/C12H20/c1-7-9-12(5,6)11(4)10(3)8-2/h7-9H,2H2,1,3-6H3/b9-7+,11-10+. The smallest absolute Gasteiger partial charge is 0.00370 e. The van der Waals surface area contributed by atoms with Crippen molar-refractivity contribution in [3.63, 3.8) is 0 Å². The Hall–Kier alpha value is -0.780. The van der Waals surface area contributed by atoms with Crippen LogP contribution >= 0.6 is 0 Å². The number of hydrogen-bond acceptors (Lipinski definition) is 0. The van der Waals surface area contributed by atoms with Crippen LogP contribution in [0.25, 0.3) is 0 Å². The van der Waals surface area contributed by atoms with Gasteiger partial charge in [-0.05, 0) is 20.8 Å². The first-order valence-corrected chi connectivity index (χ1v) is 4.40. The first-order valence-electron chi connectivity index (χ1n) is 4.40. The van der Waals surface area contributed by atoms with Crippen LogP contribution in [0.4, 0.5) is 0 Å². The van der Waals surface area contributed by atoms with E-state index in [0.29, 0.717) is 0 Å². The van der Waals surface area contributed by atoms with Crippen LogP contribution in [0, 0.1) is 5.41 Å². The van der Waals surface area contributed by atoms with Crippen LogP contribution in [0.3, 0.4) is 0 Å². The van der Waals surface area contributed by atoms with E-state index < -0.39 is 0 Å².